The lowest BCUT2D eigenvalue weighted by Crippen LogP contribution is -2.22. The van der Waals surface area contributed by atoms with E-state index in [1.165, 1.54) is 6.33 Å². The molecule has 0 amide bonds. The van der Waals surface area contributed by atoms with Gasteiger partial charge in [-0.3, -0.25) is 14.3 Å². The Balaban J connectivity index is 2.37. The fraction of sp³-hybridized carbons (Fsp3) is 0.545. The molecule has 2 aromatic heterocycles. The van der Waals surface area contributed by atoms with Gasteiger partial charge >= 0.3 is 0 Å². The lowest BCUT2D eigenvalue weighted by atomic mass is 10.3. The smallest absolute Gasteiger partial charge is 0.280 e. The standard InChI is InChI=1S/C11H17N5O3/c1-3-7(4-17)19-6(2)16-5-13-8-9(16)14-11(12)15-10(8)18/h5-7,17H,3-4H2,1-2H3,(H3,12,14,15,18). The summed E-state index contributed by atoms with van der Waals surface area (Å²) in [5.41, 5.74) is 5.70. The Bertz CT molecular complexity index is 616. The second kappa shape index (κ2) is 5.37. The highest BCUT2D eigenvalue weighted by atomic mass is 16.5. The molecule has 0 aliphatic rings. The number of hydrogen-bond donors (Lipinski definition) is 3. The molecule has 0 spiro atoms. The molecular weight excluding hydrogens is 250 g/mol. The summed E-state index contributed by atoms with van der Waals surface area (Å²) in [6.45, 7) is 3.64. The highest BCUT2D eigenvalue weighted by Gasteiger charge is 2.17. The van der Waals surface area contributed by atoms with Crippen molar-refractivity contribution in [2.45, 2.75) is 32.6 Å². The van der Waals surface area contributed by atoms with Gasteiger partial charge in [-0.2, -0.15) is 4.98 Å². The number of fused-ring (bicyclic) bond motifs is 1. The van der Waals surface area contributed by atoms with Gasteiger partial charge < -0.3 is 15.6 Å². The van der Waals surface area contributed by atoms with Crippen LogP contribution in [-0.4, -0.2) is 37.3 Å². The molecule has 8 heteroatoms. The zero-order valence-electron chi connectivity index (χ0n) is 10.8. The largest absolute Gasteiger partial charge is 0.394 e. The van der Waals surface area contributed by atoms with Crippen molar-refractivity contribution in [2.75, 3.05) is 12.3 Å². The number of aromatic amines is 1. The van der Waals surface area contributed by atoms with E-state index in [0.29, 0.717) is 12.1 Å². The van der Waals surface area contributed by atoms with Gasteiger partial charge in [0, 0.05) is 0 Å². The number of rotatable bonds is 5. The Hall–Kier alpha value is -1.93. The molecule has 0 aliphatic heterocycles. The van der Waals surface area contributed by atoms with Gasteiger partial charge in [0.1, 0.15) is 6.23 Å². The van der Waals surface area contributed by atoms with Gasteiger partial charge in [0.25, 0.3) is 5.56 Å². The van der Waals surface area contributed by atoms with Crippen molar-refractivity contribution in [1.82, 2.24) is 19.5 Å². The Kier molecular flexibility index (Phi) is 3.82. The number of hydrogen-bond acceptors (Lipinski definition) is 6. The monoisotopic (exact) mass is 267 g/mol. The minimum absolute atomic E-state index is 0.0284. The first kappa shape index (κ1) is 13.5. The number of aromatic nitrogens is 4. The summed E-state index contributed by atoms with van der Waals surface area (Å²) in [5.74, 6) is 0.0284. The van der Waals surface area contributed by atoms with Crippen LogP contribution < -0.4 is 11.3 Å². The van der Waals surface area contributed by atoms with Crippen LogP contribution in [0, 0.1) is 0 Å². The van der Waals surface area contributed by atoms with Crippen LogP contribution in [0.15, 0.2) is 11.1 Å². The molecule has 0 bridgehead atoms. The summed E-state index contributed by atoms with van der Waals surface area (Å²) in [6, 6.07) is 0. The minimum Gasteiger partial charge on any atom is -0.394 e. The van der Waals surface area contributed by atoms with Crippen LogP contribution in [0.5, 0.6) is 0 Å². The Morgan fingerprint density at radius 3 is 3.00 bits per heavy atom. The lowest BCUT2D eigenvalue weighted by Gasteiger charge is -2.20. The maximum atomic E-state index is 11.6. The van der Waals surface area contributed by atoms with Gasteiger partial charge in [-0.1, -0.05) is 6.92 Å². The van der Waals surface area contributed by atoms with E-state index < -0.39 is 6.23 Å². The first-order valence-electron chi connectivity index (χ1n) is 6.05. The topological polar surface area (TPSA) is 119 Å². The van der Waals surface area contributed by atoms with E-state index in [4.69, 9.17) is 15.6 Å². The number of anilines is 1. The van der Waals surface area contributed by atoms with Gasteiger partial charge in [0.05, 0.1) is 19.0 Å². The van der Waals surface area contributed by atoms with Crippen LogP contribution in [0.25, 0.3) is 11.2 Å². The number of nitrogens with one attached hydrogen (secondary N) is 1. The molecule has 104 valence electrons. The molecule has 2 heterocycles. The molecule has 0 aromatic carbocycles. The maximum absolute atomic E-state index is 11.6. The Morgan fingerprint density at radius 1 is 1.63 bits per heavy atom. The van der Waals surface area contributed by atoms with Crippen molar-refractivity contribution in [3.05, 3.63) is 16.7 Å². The van der Waals surface area contributed by atoms with Crippen molar-refractivity contribution < 1.29 is 9.84 Å². The number of aliphatic hydroxyl groups excluding tert-OH is 1. The predicted octanol–water partition coefficient (Wildman–Crippen LogP) is 0.00780. The third kappa shape index (κ3) is 2.59. The molecular formula is C11H17N5O3. The molecule has 4 N–H and O–H groups in total. The quantitative estimate of drug-likeness (QED) is 0.702. The van der Waals surface area contributed by atoms with Crippen LogP contribution in [0.3, 0.4) is 0 Å². The summed E-state index contributed by atoms with van der Waals surface area (Å²) in [4.78, 5) is 22.1. The van der Waals surface area contributed by atoms with Gasteiger partial charge in [0.15, 0.2) is 11.2 Å². The van der Waals surface area contributed by atoms with Crippen LogP contribution >= 0.6 is 0 Å². The van der Waals surface area contributed by atoms with E-state index in [2.05, 4.69) is 15.0 Å². The first-order valence-corrected chi connectivity index (χ1v) is 6.05. The number of nitrogens with two attached hydrogens (primary N) is 1. The molecule has 0 radical (unpaired) electrons. The number of imidazole rings is 1. The molecule has 8 nitrogen and oxygen atoms in total. The van der Waals surface area contributed by atoms with Crippen molar-refractivity contribution in [3.63, 3.8) is 0 Å². The summed E-state index contributed by atoms with van der Waals surface area (Å²) < 4.78 is 7.27. The van der Waals surface area contributed by atoms with E-state index in [9.17, 15) is 4.79 Å². The normalized spacial score (nSPS) is 14.7. The maximum Gasteiger partial charge on any atom is 0.280 e. The minimum atomic E-state index is -0.407. The van der Waals surface area contributed by atoms with Gasteiger partial charge in [-0.15, -0.1) is 0 Å². The average molecular weight is 267 g/mol. The Labute approximate surface area is 109 Å². The van der Waals surface area contributed by atoms with Crippen LogP contribution in [0.4, 0.5) is 5.95 Å². The Morgan fingerprint density at radius 2 is 2.37 bits per heavy atom. The average Bonchev–Trinajstić information content (AvgIpc) is 2.79. The third-order valence-electron chi connectivity index (χ3n) is 2.89. The first-order chi connectivity index (χ1) is 9.06. The zero-order chi connectivity index (χ0) is 14.0. The van der Waals surface area contributed by atoms with Gasteiger partial charge in [-0.25, -0.2) is 4.98 Å². The predicted molar refractivity (Wildman–Crippen MR) is 69.5 cm³/mol. The number of aliphatic hydroxyl groups is 1. The molecule has 19 heavy (non-hydrogen) atoms. The summed E-state index contributed by atoms with van der Waals surface area (Å²) in [6.07, 6.45) is 1.48. The van der Waals surface area contributed by atoms with Crippen LogP contribution in [0.1, 0.15) is 26.5 Å². The molecule has 0 saturated carbocycles. The highest BCUT2D eigenvalue weighted by Crippen LogP contribution is 2.17. The van der Waals surface area contributed by atoms with E-state index in [1.54, 1.807) is 11.5 Å². The van der Waals surface area contributed by atoms with Gasteiger partial charge in [0.2, 0.25) is 5.95 Å². The molecule has 0 fully saturated rings. The summed E-state index contributed by atoms with van der Waals surface area (Å²) in [5, 5.41) is 9.13. The second-order valence-corrected chi connectivity index (χ2v) is 4.22. The van der Waals surface area contributed by atoms with Crippen molar-refractivity contribution in [3.8, 4) is 0 Å². The highest BCUT2D eigenvalue weighted by molar-refractivity contribution is 5.70. The summed E-state index contributed by atoms with van der Waals surface area (Å²) in [7, 11) is 0. The number of nitrogen functional groups attached to an aromatic ring is 1. The van der Waals surface area contributed by atoms with Crippen LogP contribution in [0.2, 0.25) is 0 Å². The third-order valence-corrected chi connectivity index (χ3v) is 2.89. The molecule has 2 aromatic rings. The van der Waals surface area contributed by atoms with E-state index >= 15 is 0 Å². The molecule has 2 atom stereocenters. The van der Waals surface area contributed by atoms with Gasteiger partial charge in [-0.05, 0) is 13.3 Å². The van der Waals surface area contributed by atoms with E-state index in [-0.39, 0.29) is 29.7 Å². The molecule has 0 saturated heterocycles. The number of ether oxygens (including phenoxy) is 1. The molecule has 2 unspecified atom stereocenters. The fourth-order valence-electron chi connectivity index (χ4n) is 1.82. The lowest BCUT2D eigenvalue weighted by molar-refractivity contribution is -0.0647. The molecule has 0 aliphatic carbocycles. The van der Waals surface area contributed by atoms with Crippen molar-refractivity contribution in [1.29, 1.82) is 0 Å². The zero-order valence-corrected chi connectivity index (χ0v) is 10.8. The van der Waals surface area contributed by atoms with Crippen LogP contribution in [-0.2, 0) is 4.74 Å². The second-order valence-electron chi connectivity index (χ2n) is 4.22. The molecule has 2 rings (SSSR count). The number of H-pyrrole nitrogens is 1. The van der Waals surface area contributed by atoms with Crippen molar-refractivity contribution >= 4 is 17.1 Å². The number of nitrogens with zero attached hydrogens (tertiary/aromatic N) is 3. The van der Waals surface area contributed by atoms with E-state index in [0.717, 1.165) is 0 Å². The van der Waals surface area contributed by atoms with Crippen molar-refractivity contribution in [2.24, 2.45) is 0 Å². The summed E-state index contributed by atoms with van der Waals surface area (Å²) >= 11 is 0. The SMILES string of the molecule is CCC(CO)OC(C)n1cnc2c(=O)[nH]c(N)nc21. The van der Waals surface area contributed by atoms with E-state index in [1.807, 2.05) is 6.92 Å². The fourth-order valence-corrected chi connectivity index (χ4v) is 1.82.